The predicted molar refractivity (Wildman–Crippen MR) is 91.2 cm³/mol. The van der Waals surface area contributed by atoms with Gasteiger partial charge >= 0.3 is 0 Å². The molecule has 108 valence electrons. The highest BCUT2D eigenvalue weighted by Gasteiger charge is 2.08. The molecule has 22 heavy (non-hydrogen) atoms. The lowest BCUT2D eigenvalue weighted by molar-refractivity contribution is 1.05. The molecule has 3 aromatic heterocycles. The molecule has 5 heteroatoms. The Balaban J connectivity index is 1.69. The summed E-state index contributed by atoms with van der Waals surface area (Å²) in [5.74, 6) is 0.865. The van der Waals surface area contributed by atoms with Gasteiger partial charge in [-0.3, -0.25) is 4.98 Å². The number of nitrogens with zero attached hydrogens (tertiary/aromatic N) is 3. The van der Waals surface area contributed by atoms with Gasteiger partial charge in [-0.25, -0.2) is 9.97 Å². The van der Waals surface area contributed by atoms with Gasteiger partial charge in [0, 0.05) is 16.5 Å². The molecular weight excluding hydrogens is 292 g/mol. The van der Waals surface area contributed by atoms with Crippen LogP contribution in [-0.2, 0) is 6.54 Å². The Labute approximate surface area is 131 Å². The Morgan fingerprint density at radius 2 is 1.95 bits per heavy atom. The Morgan fingerprint density at radius 1 is 1.05 bits per heavy atom. The van der Waals surface area contributed by atoms with Crippen molar-refractivity contribution in [3.05, 3.63) is 59.5 Å². The van der Waals surface area contributed by atoms with Gasteiger partial charge < -0.3 is 5.32 Å². The normalized spacial score (nSPS) is 11.1. The zero-order valence-electron chi connectivity index (χ0n) is 12.1. The monoisotopic (exact) mass is 306 g/mol. The average molecular weight is 306 g/mol. The molecule has 0 amide bonds. The van der Waals surface area contributed by atoms with Crippen LogP contribution in [0.15, 0.2) is 48.9 Å². The van der Waals surface area contributed by atoms with Crippen LogP contribution in [0.1, 0.15) is 10.6 Å². The van der Waals surface area contributed by atoms with Crippen LogP contribution in [0.5, 0.6) is 0 Å². The van der Waals surface area contributed by atoms with Crippen LogP contribution >= 0.6 is 11.3 Å². The average Bonchev–Trinajstić information content (AvgIpc) is 2.93. The Bertz CT molecular complexity index is 956. The Kier molecular flexibility index (Phi) is 3.20. The molecule has 0 atom stereocenters. The summed E-state index contributed by atoms with van der Waals surface area (Å²) in [6.07, 6.45) is 3.46. The van der Waals surface area contributed by atoms with Crippen LogP contribution in [0, 0.1) is 6.92 Å². The molecule has 4 rings (SSSR count). The zero-order valence-corrected chi connectivity index (χ0v) is 12.9. The molecule has 0 radical (unpaired) electrons. The molecule has 0 aliphatic rings. The minimum Gasteiger partial charge on any atom is -0.364 e. The van der Waals surface area contributed by atoms with Gasteiger partial charge in [-0.15, -0.1) is 11.3 Å². The summed E-state index contributed by atoms with van der Waals surface area (Å²) in [6, 6.07) is 12.4. The van der Waals surface area contributed by atoms with E-state index in [1.807, 2.05) is 24.4 Å². The predicted octanol–water partition coefficient (Wildman–Crippen LogP) is 4.16. The van der Waals surface area contributed by atoms with Gasteiger partial charge in [0.15, 0.2) is 0 Å². The van der Waals surface area contributed by atoms with Gasteiger partial charge in [0.05, 0.1) is 17.6 Å². The highest BCUT2D eigenvalue weighted by molar-refractivity contribution is 7.18. The lowest BCUT2D eigenvalue weighted by Gasteiger charge is -2.08. The molecular formula is C17H14N4S. The second-order valence-electron chi connectivity index (χ2n) is 5.13. The molecule has 3 heterocycles. The first-order chi connectivity index (χ1) is 10.8. The van der Waals surface area contributed by atoms with E-state index in [0.29, 0.717) is 6.54 Å². The molecule has 1 N–H and O–H groups in total. The smallest absolute Gasteiger partial charge is 0.138 e. The van der Waals surface area contributed by atoms with Crippen LogP contribution in [0.2, 0.25) is 0 Å². The van der Waals surface area contributed by atoms with Crippen molar-refractivity contribution in [2.75, 3.05) is 5.32 Å². The van der Waals surface area contributed by atoms with E-state index in [1.165, 1.54) is 15.6 Å². The fourth-order valence-electron chi connectivity index (χ4n) is 2.61. The minimum atomic E-state index is 0.641. The van der Waals surface area contributed by atoms with Crippen molar-refractivity contribution in [3.8, 4) is 0 Å². The number of aromatic nitrogens is 3. The molecule has 0 saturated carbocycles. The number of rotatable bonds is 3. The van der Waals surface area contributed by atoms with Crippen LogP contribution < -0.4 is 5.32 Å². The zero-order chi connectivity index (χ0) is 14.9. The molecule has 0 aliphatic heterocycles. The second-order valence-corrected chi connectivity index (χ2v) is 6.37. The molecule has 4 nitrogen and oxygen atoms in total. The number of pyridine rings is 1. The summed E-state index contributed by atoms with van der Waals surface area (Å²) in [7, 11) is 0. The number of anilines is 1. The number of fused-ring (bicyclic) bond motifs is 2. The molecule has 0 bridgehead atoms. The van der Waals surface area contributed by atoms with E-state index in [1.54, 1.807) is 17.7 Å². The fraction of sp³-hybridized carbons (Fsp3) is 0.118. The summed E-state index contributed by atoms with van der Waals surface area (Å²) < 4.78 is 0. The van der Waals surface area contributed by atoms with E-state index in [4.69, 9.17) is 0 Å². The number of hydrogen-bond acceptors (Lipinski definition) is 5. The van der Waals surface area contributed by atoms with E-state index in [-0.39, 0.29) is 0 Å². The number of hydrogen-bond donors (Lipinski definition) is 1. The third-order valence-electron chi connectivity index (χ3n) is 3.63. The topological polar surface area (TPSA) is 50.7 Å². The first kappa shape index (κ1) is 13.2. The largest absolute Gasteiger partial charge is 0.364 e. The van der Waals surface area contributed by atoms with Crippen LogP contribution in [-0.4, -0.2) is 15.0 Å². The molecule has 0 unspecified atom stereocenters. The van der Waals surface area contributed by atoms with Crippen molar-refractivity contribution in [2.24, 2.45) is 0 Å². The van der Waals surface area contributed by atoms with E-state index >= 15 is 0 Å². The summed E-state index contributed by atoms with van der Waals surface area (Å²) in [5.41, 5.74) is 1.02. The molecule has 0 saturated heterocycles. The van der Waals surface area contributed by atoms with Gasteiger partial charge in [0.25, 0.3) is 0 Å². The molecule has 4 aromatic rings. The van der Waals surface area contributed by atoms with Gasteiger partial charge in [-0.2, -0.15) is 0 Å². The minimum absolute atomic E-state index is 0.641. The van der Waals surface area contributed by atoms with Gasteiger partial charge in [0.1, 0.15) is 17.0 Å². The lowest BCUT2D eigenvalue weighted by atomic mass is 10.1. The summed E-state index contributed by atoms with van der Waals surface area (Å²) in [5, 5.41) is 6.85. The summed E-state index contributed by atoms with van der Waals surface area (Å²) in [6.45, 7) is 2.73. The number of nitrogens with one attached hydrogen (secondary N) is 1. The Morgan fingerprint density at radius 3 is 2.91 bits per heavy atom. The maximum Gasteiger partial charge on any atom is 0.138 e. The van der Waals surface area contributed by atoms with E-state index in [0.717, 1.165) is 21.7 Å². The van der Waals surface area contributed by atoms with E-state index in [2.05, 4.69) is 45.4 Å². The van der Waals surface area contributed by atoms with Gasteiger partial charge in [-0.05, 0) is 24.4 Å². The third-order valence-corrected chi connectivity index (χ3v) is 4.59. The fourth-order valence-corrected chi connectivity index (χ4v) is 3.45. The first-order valence-electron chi connectivity index (χ1n) is 7.09. The Hall–Kier alpha value is -2.53. The lowest BCUT2D eigenvalue weighted by Crippen LogP contribution is -2.04. The summed E-state index contributed by atoms with van der Waals surface area (Å²) >= 11 is 1.68. The van der Waals surface area contributed by atoms with Crippen molar-refractivity contribution in [1.82, 2.24) is 15.0 Å². The van der Waals surface area contributed by atoms with Crippen LogP contribution in [0.25, 0.3) is 21.0 Å². The van der Waals surface area contributed by atoms with E-state index in [9.17, 15) is 0 Å². The number of thiophene rings is 1. The van der Waals surface area contributed by atoms with Gasteiger partial charge in [0.2, 0.25) is 0 Å². The number of benzene rings is 1. The molecule has 0 aliphatic carbocycles. The van der Waals surface area contributed by atoms with Crippen molar-refractivity contribution >= 4 is 38.1 Å². The van der Waals surface area contributed by atoms with Crippen LogP contribution in [0.4, 0.5) is 5.82 Å². The standard InChI is InChI=1S/C17H14N4S/c1-11-8-14-16(20-10-21-17(14)22-11)19-9-15-13-5-3-2-4-12(13)6-7-18-15/h2-8,10H,9H2,1H3,(H,19,20,21). The highest BCUT2D eigenvalue weighted by Crippen LogP contribution is 2.28. The van der Waals surface area contributed by atoms with Gasteiger partial charge in [-0.1, -0.05) is 24.3 Å². The SMILES string of the molecule is Cc1cc2c(NCc3nccc4ccccc34)ncnc2s1. The van der Waals surface area contributed by atoms with E-state index < -0.39 is 0 Å². The van der Waals surface area contributed by atoms with Crippen molar-refractivity contribution in [3.63, 3.8) is 0 Å². The maximum atomic E-state index is 4.50. The van der Waals surface area contributed by atoms with Crippen LogP contribution in [0.3, 0.4) is 0 Å². The van der Waals surface area contributed by atoms with Crippen molar-refractivity contribution in [1.29, 1.82) is 0 Å². The van der Waals surface area contributed by atoms with Crippen molar-refractivity contribution < 1.29 is 0 Å². The maximum absolute atomic E-state index is 4.50. The molecule has 1 aromatic carbocycles. The summed E-state index contributed by atoms with van der Waals surface area (Å²) in [4.78, 5) is 15.4. The second kappa shape index (κ2) is 5.35. The van der Waals surface area contributed by atoms with Crippen molar-refractivity contribution in [2.45, 2.75) is 13.5 Å². The first-order valence-corrected chi connectivity index (χ1v) is 7.90. The highest BCUT2D eigenvalue weighted by atomic mass is 32.1. The quantitative estimate of drug-likeness (QED) is 0.617. The molecule has 0 spiro atoms. The third kappa shape index (κ3) is 2.29. The number of aryl methyl sites for hydroxylation is 1. The molecule has 0 fully saturated rings.